The van der Waals surface area contributed by atoms with E-state index in [-0.39, 0.29) is 18.1 Å². The van der Waals surface area contributed by atoms with Crippen LogP contribution in [0.5, 0.6) is 0 Å². The molecule has 1 amide bonds. The van der Waals surface area contributed by atoms with Crippen molar-refractivity contribution in [2.75, 3.05) is 0 Å². The van der Waals surface area contributed by atoms with Gasteiger partial charge < -0.3 is 10.4 Å². The molecule has 0 aliphatic carbocycles. The Labute approximate surface area is 111 Å². The van der Waals surface area contributed by atoms with E-state index in [1.807, 2.05) is 0 Å². The normalized spacial score (nSPS) is 11.2. The summed E-state index contributed by atoms with van der Waals surface area (Å²) in [5, 5.41) is 11.4. The lowest BCUT2D eigenvalue weighted by Crippen LogP contribution is -2.43. The third-order valence-electron chi connectivity index (χ3n) is 2.84. The average Bonchev–Trinajstić information content (AvgIpc) is 2.29. The van der Waals surface area contributed by atoms with Crippen molar-refractivity contribution in [1.29, 1.82) is 0 Å². The minimum atomic E-state index is -0.903. The summed E-state index contributed by atoms with van der Waals surface area (Å²) in [4.78, 5) is 22.5. The van der Waals surface area contributed by atoms with Crippen molar-refractivity contribution in [3.63, 3.8) is 0 Å². The lowest BCUT2D eigenvalue weighted by Gasteiger charge is -2.25. The highest BCUT2D eigenvalue weighted by Crippen LogP contribution is 2.14. The SMILES string of the molecule is Cc1cc(C(=O)NC(C)(C)CCC(=O)O)ccc1F. The van der Waals surface area contributed by atoms with Gasteiger partial charge in [-0.15, -0.1) is 0 Å². The molecule has 1 aromatic rings. The molecule has 0 aromatic heterocycles. The Bertz CT molecular complexity index is 497. The van der Waals surface area contributed by atoms with Crippen molar-refractivity contribution in [3.05, 3.63) is 35.1 Å². The second kappa shape index (κ2) is 5.82. The van der Waals surface area contributed by atoms with Gasteiger partial charge in [0, 0.05) is 17.5 Å². The van der Waals surface area contributed by atoms with Crippen LogP contribution in [0.2, 0.25) is 0 Å². The van der Waals surface area contributed by atoms with Gasteiger partial charge in [-0.05, 0) is 51.0 Å². The summed E-state index contributed by atoms with van der Waals surface area (Å²) >= 11 is 0. The number of carboxylic acid groups (broad SMARTS) is 1. The summed E-state index contributed by atoms with van der Waals surface area (Å²) in [6.07, 6.45) is 0.309. The van der Waals surface area contributed by atoms with E-state index in [1.165, 1.54) is 18.2 Å². The molecule has 19 heavy (non-hydrogen) atoms. The first kappa shape index (κ1) is 15.1. The molecule has 5 heteroatoms. The second-order valence-corrected chi connectivity index (χ2v) is 5.20. The molecule has 0 radical (unpaired) electrons. The van der Waals surface area contributed by atoms with Gasteiger partial charge >= 0.3 is 5.97 Å². The summed E-state index contributed by atoms with van der Waals surface area (Å²) in [6, 6.07) is 4.12. The summed E-state index contributed by atoms with van der Waals surface area (Å²) in [5.41, 5.74) is 0.135. The molecule has 0 bridgehead atoms. The maximum absolute atomic E-state index is 13.1. The molecule has 0 aliphatic rings. The Balaban J connectivity index is 2.72. The zero-order valence-electron chi connectivity index (χ0n) is 11.3. The maximum Gasteiger partial charge on any atom is 0.303 e. The number of halogens is 1. The van der Waals surface area contributed by atoms with Gasteiger partial charge in [0.1, 0.15) is 5.82 Å². The standard InChI is InChI=1S/C14H18FNO3/c1-9-8-10(4-5-11(9)15)13(19)16-14(2,3)7-6-12(17)18/h4-5,8H,6-7H2,1-3H3,(H,16,19)(H,17,18). The number of carbonyl (C=O) groups excluding carboxylic acids is 1. The van der Waals surface area contributed by atoms with Crippen LogP contribution in [0, 0.1) is 12.7 Å². The first-order chi connectivity index (χ1) is 8.71. The molecule has 1 aromatic carbocycles. The molecule has 2 N–H and O–H groups in total. The van der Waals surface area contributed by atoms with Crippen LogP contribution in [0.25, 0.3) is 0 Å². The summed E-state index contributed by atoms with van der Waals surface area (Å²) in [5.74, 6) is -1.60. The van der Waals surface area contributed by atoms with Gasteiger partial charge in [-0.2, -0.15) is 0 Å². The van der Waals surface area contributed by atoms with E-state index in [4.69, 9.17) is 5.11 Å². The van der Waals surface area contributed by atoms with Crippen LogP contribution >= 0.6 is 0 Å². The molecule has 0 unspecified atom stereocenters. The predicted molar refractivity (Wildman–Crippen MR) is 69.6 cm³/mol. The molecule has 4 nitrogen and oxygen atoms in total. The first-order valence-electron chi connectivity index (χ1n) is 6.02. The van der Waals surface area contributed by atoms with Crippen LogP contribution < -0.4 is 5.32 Å². The number of hydrogen-bond acceptors (Lipinski definition) is 2. The number of aryl methyl sites for hydroxylation is 1. The maximum atomic E-state index is 13.1. The van der Waals surface area contributed by atoms with E-state index >= 15 is 0 Å². The Hall–Kier alpha value is -1.91. The largest absolute Gasteiger partial charge is 0.481 e. The summed E-state index contributed by atoms with van der Waals surface area (Å²) < 4.78 is 13.1. The zero-order chi connectivity index (χ0) is 14.6. The van der Waals surface area contributed by atoms with E-state index in [1.54, 1.807) is 20.8 Å². The topological polar surface area (TPSA) is 66.4 Å². The van der Waals surface area contributed by atoms with E-state index < -0.39 is 11.5 Å². The molecule has 0 saturated carbocycles. The smallest absolute Gasteiger partial charge is 0.303 e. The van der Waals surface area contributed by atoms with Gasteiger partial charge in [0.25, 0.3) is 5.91 Å². The van der Waals surface area contributed by atoms with Crippen LogP contribution in [0.1, 0.15) is 42.6 Å². The number of aliphatic carboxylic acids is 1. The number of hydrogen-bond donors (Lipinski definition) is 2. The Kier molecular flexibility index (Phi) is 4.64. The summed E-state index contributed by atoms with van der Waals surface area (Å²) in [7, 11) is 0. The molecule has 0 fully saturated rings. The van der Waals surface area contributed by atoms with E-state index in [9.17, 15) is 14.0 Å². The second-order valence-electron chi connectivity index (χ2n) is 5.20. The molecule has 104 valence electrons. The average molecular weight is 267 g/mol. The monoisotopic (exact) mass is 267 g/mol. The van der Waals surface area contributed by atoms with Crippen LogP contribution in [-0.4, -0.2) is 22.5 Å². The van der Waals surface area contributed by atoms with Crippen molar-refractivity contribution in [3.8, 4) is 0 Å². The van der Waals surface area contributed by atoms with Gasteiger partial charge in [-0.3, -0.25) is 9.59 Å². The van der Waals surface area contributed by atoms with Crippen molar-refractivity contribution in [2.24, 2.45) is 0 Å². The van der Waals surface area contributed by atoms with Crippen molar-refractivity contribution in [2.45, 2.75) is 39.2 Å². The van der Waals surface area contributed by atoms with Gasteiger partial charge in [-0.25, -0.2) is 4.39 Å². The molecular formula is C14H18FNO3. The highest BCUT2D eigenvalue weighted by Gasteiger charge is 2.22. The zero-order valence-corrected chi connectivity index (χ0v) is 11.3. The van der Waals surface area contributed by atoms with E-state index in [0.717, 1.165) is 0 Å². The Morgan fingerprint density at radius 1 is 1.37 bits per heavy atom. The summed E-state index contributed by atoms with van der Waals surface area (Å²) in [6.45, 7) is 5.09. The highest BCUT2D eigenvalue weighted by molar-refractivity contribution is 5.94. The fraction of sp³-hybridized carbons (Fsp3) is 0.429. The molecule has 0 atom stereocenters. The highest BCUT2D eigenvalue weighted by atomic mass is 19.1. The van der Waals surface area contributed by atoms with Crippen LogP contribution in [0.15, 0.2) is 18.2 Å². The van der Waals surface area contributed by atoms with Gasteiger partial charge in [0.2, 0.25) is 0 Å². The minimum Gasteiger partial charge on any atom is -0.481 e. The number of amides is 1. The molecule has 1 rings (SSSR count). The van der Waals surface area contributed by atoms with Crippen molar-refractivity contribution in [1.82, 2.24) is 5.32 Å². The van der Waals surface area contributed by atoms with E-state index in [2.05, 4.69) is 5.32 Å². The molecule has 0 saturated heterocycles. The lowest BCUT2D eigenvalue weighted by atomic mass is 9.97. The fourth-order valence-corrected chi connectivity index (χ4v) is 1.65. The lowest BCUT2D eigenvalue weighted by molar-refractivity contribution is -0.137. The number of benzene rings is 1. The molecular weight excluding hydrogens is 249 g/mol. The van der Waals surface area contributed by atoms with Crippen LogP contribution in [0.4, 0.5) is 4.39 Å². The van der Waals surface area contributed by atoms with Gasteiger partial charge in [-0.1, -0.05) is 0 Å². The Morgan fingerprint density at radius 3 is 2.53 bits per heavy atom. The van der Waals surface area contributed by atoms with Crippen molar-refractivity contribution >= 4 is 11.9 Å². The first-order valence-corrected chi connectivity index (χ1v) is 6.02. The van der Waals surface area contributed by atoms with Crippen LogP contribution in [-0.2, 0) is 4.79 Å². The fourth-order valence-electron chi connectivity index (χ4n) is 1.65. The molecule has 0 aliphatic heterocycles. The predicted octanol–water partition coefficient (Wildman–Crippen LogP) is 2.51. The number of carboxylic acids is 1. The van der Waals surface area contributed by atoms with Crippen LogP contribution in [0.3, 0.4) is 0 Å². The molecule has 0 spiro atoms. The third-order valence-corrected chi connectivity index (χ3v) is 2.84. The Morgan fingerprint density at radius 2 is 2.00 bits per heavy atom. The number of rotatable bonds is 5. The number of nitrogens with one attached hydrogen (secondary N) is 1. The van der Waals surface area contributed by atoms with E-state index in [0.29, 0.717) is 17.5 Å². The number of carbonyl (C=O) groups is 2. The quantitative estimate of drug-likeness (QED) is 0.861. The molecule has 0 heterocycles. The van der Waals surface area contributed by atoms with Crippen molar-refractivity contribution < 1.29 is 19.1 Å². The van der Waals surface area contributed by atoms with Gasteiger partial charge in [0.05, 0.1) is 0 Å². The minimum absolute atomic E-state index is 0.0181. The third kappa shape index (κ3) is 4.69. The van der Waals surface area contributed by atoms with Gasteiger partial charge in [0.15, 0.2) is 0 Å².